The van der Waals surface area contributed by atoms with E-state index in [-0.39, 0.29) is 30.4 Å². The van der Waals surface area contributed by atoms with Gasteiger partial charge in [0.05, 0.1) is 11.5 Å². The first kappa shape index (κ1) is 25.9. The molecule has 2 heterocycles. The van der Waals surface area contributed by atoms with Crippen molar-refractivity contribution in [2.24, 2.45) is 5.41 Å². The van der Waals surface area contributed by atoms with Crippen LogP contribution in [-0.4, -0.2) is 81.4 Å². The largest absolute Gasteiger partial charge is 0.493 e. The van der Waals surface area contributed by atoms with Crippen LogP contribution in [0.1, 0.15) is 19.3 Å². The summed E-state index contributed by atoms with van der Waals surface area (Å²) in [6, 6.07) is 12.0. The summed E-state index contributed by atoms with van der Waals surface area (Å²) in [5, 5.41) is 0.585. The highest BCUT2D eigenvalue weighted by Crippen LogP contribution is 2.37. The van der Waals surface area contributed by atoms with E-state index >= 15 is 0 Å². The highest BCUT2D eigenvalue weighted by molar-refractivity contribution is 7.89. The second kappa shape index (κ2) is 10.8. The molecular weight excluding hydrogens is 493 g/mol. The van der Waals surface area contributed by atoms with Gasteiger partial charge >= 0.3 is 0 Å². The van der Waals surface area contributed by atoms with E-state index in [2.05, 4.69) is 4.90 Å². The van der Waals surface area contributed by atoms with Crippen LogP contribution < -0.4 is 4.74 Å². The van der Waals surface area contributed by atoms with Crippen LogP contribution in [0, 0.1) is 11.2 Å². The average molecular weight is 524 g/mol. The first-order chi connectivity index (χ1) is 16.7. The average Bonchev–Trinajstić information content (AvgIpc) is 2.84. The molecule has 4 rings (SSSR count). The molecule has 2 aliphatic rings. The van der Waals surface area contributed by atoms with E-state index in [0.717, 1.165) is 19.2 Å². The summed E-state index contributed by atoms with van der Waals surface area (Å²) in [5.74, 6) is -0.000550. The molecule has 2 fully saturated rings. The Kier molecular flexibility index (Phi) is 8.00. The lowest BCUT2D eigenvalue weighted by atomic mass is 9.78. The number of rotatable bonds is 7. The molecule has 0 radical (unpaired) electrons. The molecule has 1 unspecified atom stereocenters. The summed E-state index contributed by atoms with van der Waals surface area (Å²) in [7, 11) is -1.90. The van der Waals surface area contributed by atoms with Crippen molar-refractivity contribution < 1.29 is 22.3 Å². The van der Waals surface area contributed by atoms with Crippen molar-refractivity contribution in [3.05, 3.63) is 59.4 Å². The second-order valence-corrected chi connectivity index (χ2v) is 11.9. The molecule has 2 saturated heterocycles. The van der Waals surface area contributed by atoms with E-state index in [4.69, 9.17) is 16.3 Å². The molecule has 35 heavy (non-hydrogen) atoms. The number of likely N-dealkylation sites (N-methyl/N-ethyl adjacent to an activating group) is 1. The van der Waals surface area contributed by atoms with Gasteiger partial charge in [0.1, 0.15) is 11.6 Å². The first-order valence-corrected chi connectivity index (χ1v) is 13.6. The first-order valence-electron chi connectivity index (χ1n) is 11.8. The number of benzene rings is 2. The van der Waals surface area contributed by atoms with Gasteiger partial charge in [0.15, 0.2) is 0 Å². The number of halogens is 2. The Hall–Kier alpha value is -2.20. The fourth-order valence-electron chi connectivity index (χ4n) is 4.71. The van der Waals surface area contributed by atoms with Crippen LogP contribution in [0.5, 0.6) is 5.75 Å². The molecule has 10 heteroatoms. The summed E-state index contributed by atoms with van der Waals surface area (Å²) in [6.07, 6.45) is 1.41. The van der Waals surface area contributed by atoms with Crippen molar-refractivity contribution in [3.8, 4) is 5.75 Å². The minimum absolute atomic E-state index is 0.00260. The predicted molar refractivity (Wildman–Crippen MR) is 132 cm³/mol. The van der Waals surface area contributed by atoms with Crippen LogP contribution in [0.15, 0.2) is 53.4 Å². The van der Waals surface area contributed by atoms with Gasteiger partial charge in [-0.15, -0.1) is 0 Å². The van der Waals surface area contributed by atoms with Gasteiger partial charge in [-0.25, -0.2) is 12.8 Å². The van der Waals surface area contributed by atoms with E-state index in [0.29, 0.717) is 43.2 Å². The summed E-state index contributed by atoms with van der Waals surface area (Å²) >= 11 is 5.98. The maximum Gasteiger partial charge on any atom is 0.243 e. The van der Waals surface area contributed by atoms with Crippen molar-refractivity contribution in [1.29, 1.82) is 0 Å². The molecule has 0 bridgehead atoms. The summed E-state index contributed by atoms with van der Waals surface area (Å²) in [5.41, 5.74) is -0.710. The van der Waals surface area contributed by atoms with E-state index in [1.165, 1.54) is 22.5 Å². The third-order valence-corrected chi connectivity index (χ3v) is 8.89. The Morgan fingerprint density at radius 3 is 2.49 bits per heavy atom. The van der Waals surface area contributed by atoms with Gasteiger partial charge in [-0.1, -0.05) is 17.7 Å². The molecule has 1 amide bonds. The van der Waals surface area contributed by atoms with E-state index in [1.807, 2.05) is 11.9 Å². The molecule has 0 N–H and O–H groups in total. The summed E-state index contributed by atoms with van der Waals surface area (Å²) < 4.78 is 48.0. The number of carbonyl (C=O) groups excluding carboxylic acids is 1. The van der Waals surface area contributed by atoms with Crippen molar-refractivity contribution in [1.82, 2.24) is 14.1 Å². The molecule has 0 aromatic heterocycles. The monoisotopic (exact) mass is 523 g/mol. The maximum absolute atomic E-state index is 13.8. The van der Waals surface area contributed by atoms with E-state index in [9.17, 15) is 17.6 Å². The van der Waals surface area contributed by atoms with Crippen LogP contribution in [0.4, 0.5) is 4.39 Å². The van der Waals surface area contributed by atoms with E-state index < -0.39 is 21.3 Å². The smallest absolute Gasteiger partial charge is 0.243 e. The zero-order chi connectivity index (χ0) is 25.1. The SMILES string of the molecule is CN1CCN(C(=O)CC2(COc3ccc(Cl)cc3)CCCN(S(=O)(=O)c3cccc(F)c3)C2)CC1. The molecule has 190 valence electrons. The molecule has 1 atom stereocenters. The molecule has 0 aliphatic carbocycles. The van der Waals surface area contributed by atoms with Gasteiger partial charge in [0.2, 0.25) is 15.9 Å². The predicted octanol–water partition coefficient (Wildman–Crippen LogP) is 3.49. The Morgan fingerprint density at radius 1 is 1.09 bits per heavy atom. The number of hydrogen-bond acceptors (Lipinski definition) is 5. The van der Waals surface area contributed by atoms with Gasteiger partial charge < -0.3 is 14.5 Å². The van der Waals surface area contributed by atoms with Gasteiger partial charge in [-0.3, -0.25) is 4.79 Å². The molecule has 0 spiro atoms. The van der Waals surface area contributed by atoms with Gasteiger partial charge in [0.25, 0.3) is 0 Å². The normalized spacial score (nSPS) is 22.2. The van der Waals surface area contributed by atoms with Crippen molar-refractivity contribution in [3.63, 3.8) is 0 Å². The number of ether oxygens (including phenoxy) is 1. The van der Waals surface area contributed by atoms with Gasteiger partial charge in [-0.05, 0) is 62.4 Å². The van der Waals surface area contributed by atoms with Crippen molar-refractivity contribution in [2.75, 3.05) is 52.9 Å². The fourth-order valence-corrected chi connectivity index (χ4v) is 6.46. The highest BCUT2D eigenvalue weighted by Gasteiger charge is 2.43. The van der Waals surface area contributed by atoms with Crippen LogP contribution in [0.3, 0.4) is 0 Å². The Morgan fingerprint density at radius 2 is 1.80 bits per heavy atom. The molecule has 0 saturated carbocycles. The molecule has 2 aromatic carbocycles. The number of nitrogens with zero attached hydrogens (tertiary/aromatic N) is 3. The third kappa shape index (κ3) is 6.33. The van der Waals surface area contributed by atoms with Crippen LogP contribution in [0.25, 0.3) is 0 Å². The number of carbonyl (C=O) groups is 1. The lowest BCUT2D eigenvalue weighted by Gasteiger charge is -2.43. The quantitative estimate of drug-likeness (QED) is 0.555. The summed E-state index contributed by atoms with van der Waals surface area (Å²) in [6.45, 7) is 3.52. The second-order valence-electron chi connectivity index (χ2n) is 9.50. The summed E-state index contributed by atoms with van der Waals surface area (Å²) in [4.78, 5) is 17.3. The Bertz CT molecular complexity index is 1140. The molecular formula is C25H31ClFN3O4S. The maximum atomic E-state index is 13.8. The van der Waals surface area contributed by atoms with Crippen LogP contribution >= 0.6 is 11.6 Å². The number of sulfonamides is 1. The van der Waals surface area contributed by atoms with Gasteiger partial charge in [0, 0.05) is 56.1 Å². The lowest BCUT2D eigenvalue weighted by Crippen LogP contribution is -2.53. The van der Waals surface area contributed by atoms with Crippen LogP contribution in [0.2, 0.25) is 5.02 Å². The molecule has 7 nitrogen and oxygen atoms in total. The minimum Gasteiger partial charge on any atom is -0.493 e. The van der Waals surface area contributed by atoms with Crippen LogP contribution in [-0.2, 0) is 14.8 Å². The number of piperidine rings is 1. The lowest BCUT2D eigenvalue weighted by molar-refractivity contribution is -0.136. The zero-order valence-corrected chi connectivity index (χ0v) is 21.4. The fraction of sp³-hybridized carbons (Fsp3) is 0.480. The molecule has 2 aromatic rings. The Labute approximate surface area is 211 Å². The number of hydrogen-bond donors (Lipinski definition) is 0. The zero-order valence-electron chi connectivity index (χ0n) is 19.8. The van der Waals surface area contributed by atoms with Crippen molar-refractivity contribution >= 4 is 27.5 Å². The standard InChI is InChI=1S/C25H31ClFN3O4S/c1-28-12-14-29(15-13-28)24(31)17-25(19-34-22-8-6-20(26)7-9-22)10-3-11-30(18-25)35(32,33)23-5-2-4-21(27)16-23/h2,4-9,16H,3,10-15,17-19H2,1H3. The highest BCUT2D eigenvalue weighted by atomic mass is 35.5. The third-order valence-electron chi connectivity index (χ3n) is 6.80. The Balaban J connectivity index is 1.57. The van der Waals surface area contributed by atoms with Gasteiger partial charge in [-0.2, -0.15) is 4.31 Å². The van der Waals surface area contributed by atoms with E-state index in [1.54, 1.807) is 24.3 Å². The molecule has 2 aliphatic heterocycles. The van der Waals surface area contributed by atoms with Crippen molar-refractivity contribution in [2.45, 2.75) is 24.2 Å². The topological polar surface area (TPSA) is 70.2 Å². The number of amides is 1. The minimum atomic E-state index is -3.92. The number of piperazine rings is 1.